The Morgan fingerprint density at radius 1 is 1.22 bits per heavy atom. The number of fused-ring (bicyclic) bond motifs is 1. The number of anilines is 2. The van der Waals surface area contributed by atoms with Gasteiger partial charge in [0.15, 0.2) is 0 Å². The Balaban J connectivity index is 1.58. The number of rotatable bonds is 3. The van der Waals surface area contributed by atoms with Gasteiger partial charge < -0.3 is 10.2 Å². The summed E-state index contributed by atoms with van der Waals surface area (Å²) in [4.78, 5) is 13.9. The highest BCUT2D eigenvalue weighted by Crippen LogP contribution is 2.25. The van der Waals surface area contributed by atoms with Crippen molar-refractivity contribution in [3.63, 3.8) is 0 Å². The van der Waals surface area contributed by atoms with Crippen LogP contribution in [0.25, 0.3) is 0 Å². The molecule has 2 amide bonds. The summed E-state index contributed by atoms with van der Waals surface area (Å²) in [6.45, 7) is 0.898. The minimum Gasteiger partial charge on any atom is -0.331 e. The van der Waals surface area contributed by atoms with Gasteiger partial charge in [0, 0.05) is 22.4 Å². The number of hydrogen-bond acceptors (Lipinski definition) is 2. The van der Waals surface area contributed by atoms with E-state index in [9.17, 15) is 4.79 Å². The van der Waals surface area contributed by atoms with E-state index in [0.29, 0.717) is 5.69 Å². The van der Waals surface area contributed by atoms with E-state index in [1.54, 1.807) is 6.34 Å². The molecular weight excluding hydrogens is 356 g/mol. The molecule has 1 aliphatic heterocycles. The van der Waals surface area contributed by atoms with Crippen molar-refractivity contribution >= 4 is 39.7 Å². The number of carbonyl (C=O) groups excluding carboxylic acids is 1. The Bertz CT molecular complexity index is 732. The van der Waals surface area contributed by atoms with Crippen molar-refractivity contribution in [1.29, 1.82) is 0 Å². The zero-order valence-corrected chi connectivity index (χ0v) is 14.1. The van der Waals surface area contributed by atoms with Crippen LogP contribution in [0, 0.1) is 0 Å². The number of halogens is 1. The second-order valence-electron chi connectivity index (χ2n) is 5.25. The number of nitrogens with zero attached hydrogens (tertiary/aromatic N) is 2. The maximum atomic E-state index is 11.8. The Hall–Kier alpha value is -2.34. The number of hydrogen-bond donors (Lipinski definition) is 2. The van der Waals surface area contributed by atoms with E-state index in [2.05, 4.69) is 48.8 Å². The molecule has 5 nitrogen and oxygen atoms in total. The number of benzene rings is 2. The van der Waals surface area contributed by atoms with Crippen LogP contribution in [0.5, 0.6) is 0 Å². The molecule has 0 aromatic heterocycles. The van der Waals surface area contributed by atoms with E-state index in [1.165, 1.54) is 5.56 Å². The van der Waals surface area contributed by atoms with E-state index in [4.69, 9.17) is 0 Å². The highest BCUT2D eigenvalue weighted by atomic mass is 79.9. The molecule has 0 saturated heterocycles. The van der Waals surface area contributed by atoms with Crippen molar-refractivity contribution in [2.75, 3.05) is 16.8 Å². The van der Waals surface area contributed by atoms with Gasteiger partial charge in [0.25, 0.3) is 0 Å². The number of aryl methyl sites for hydroxylation is 1. The van der Waals surface area contributed by atoms with Crippen LogP contribution in [0.15, 0.2) is 58.1 Å². The molecule has 0 atom stereocenters. The minimum absolute atomic E-state index is 0.371. The largest absolute Gasteiger partial charge is 0.339 e. The summed E-state index contributed by atoms with van der Waals surface area (Å²) in [7, 11) is 0. The lowest BCUT2D eigenvalue weighted by atomic mass is 10.0. The first-order valence-corrected chi connectivity index (χ1v) is 8.22. The summed E-state index contributed by atoms with van der Waals surface area (Å²) in [5, 5.41) is 6.77. The van der Waals surface area contributed by atoms with Crippen LogP contribution < -0.4 is 15.6 Å². The standard InChI is InChI=1S/C17H17BrN4O/c18-14-7-3-8-15(11-14)20-17(23)21-19-12-22-10-4-6-13-5-1-2-9-16(13)22/h1-3,5,7-9,11-12H,4,6,10H2,(H2,20,21,23)/b19-12-. The molecule has 0 bridgehead atoms. The third kappa shape index (κ3) is 4.10. The Kier molecular flexibility index (Phi) is 4.92. The Labute approximate surface area is 143 Å². The van der Waals surface area contributed by atoms with Gasteiger partial charge in [-0.05, 0) is 42.7 Å². The number of urea groups is 1. The number of hydrazone groups is 1. The average molecular weight is 373 g/mol. The number of para-hydroxylation sites is 1. The maximum Gasteiger partial charge on any atom is 0.339 e. The molecule has 0 fully saturated rings. The topological polar surface area (TPSA) is 56.7 Å². The third-order valence-electron chi connectivity index (χ3n) is 3.59. The quantitative estimate of drug-likeness (QED) is 0.486. The molecule has 6 heteroatoms. The Morgan fingerprint density at radius 3 is 2.96 bits per heavy atom. The van der Waals surface area contributed by atoms with Crippen LogP contribution in [-0.4, -0.2) is 18.9 Å². The van der Waals surface area contributed by atoms with Gasteiger partial charge in [-0.2, -0.15) is 5.10 Å². The predicted octanol–water partition coefficient (Wildman–Crippen LogP) is 3.97. The average Bonchev–Trinajstić information content (AvgIpc) is 2.55. The number of nitrogens with one attached hydrogen (secondary N) is 2. The highest BCUT2D eigenvalue weighted by molar-refractivity contribution is 9.10. The van der Waals surface area contributed by atoms with Crippen molar-refractivity contribution in [3.05, 3.63) is 58.6 Å². The molecule has 0 unspecified atom stereocenters. The summed E-state index contributed by atoms with van der Waals surface area (Å²) < 4.78 is 0.906. The monoisotopic (exact) mass is 372 g/mol. The van der Waals surface area contributed by atoms with Gasteiger partial charge in [-0.1, -0.05) is 40.2 Å². The lowest BCUT2D eigenvalue weighted by Gasteiger charge is -2.27. The first-order chi connectivity index (χ1) is 11.2. The predicted molar refractivity (Wildman–Crippen MR) is 96.9 cm³/mol. The minimum atomic E-state index is -0.371. The second kappa shape index (κ2) is 7.28. The summed E-state index contributed by atoms with van der Waals surface area (Å²) in [6, 6.07) is 15.3. The molecule has 0 radical (unpaired) electrons. The summed E-state index contributed by atoms with van der Waals surface area (Å²) in [5.41, 5.74) is 5.65. The van der Waals surface area contributed by atoms with E-state index >= 15 is 0 Å². The van der Waals surface area contributed by atoms with E-state index < -0.39 is 0 Å². The second-order valence-corrected chi connectivity index (χ2v) is 6.16. The summed E-state index contributed by atoms with van der Waals surface area (Å²) in [5.74, 6) is 0. The molecule has 2 aromatic carbocycles. The molecule has 0 aliphatic carbocycles. The van der Waals surface area contributed by atoms with Crippen LogP contribution in [0.2, 0.25) is 0 Å². The molecule has 23 heavy (non-hydrogen) atoms. The normalized spacial score (nSPS) is 13.7. The maximum absolute atomic E-state index is 11.8. The number of carbonyl (C=O) groups is 1. The molecule has 0 saturated carbocycles. The lowest BCUT2D eigenvalue weighted by Crippen LogP contribution is -2.30. The van der Waals surface area contributed by atoms with Gasteiger partial charge in [-0.25, -0.2) is 10.2 Å². The van der Waals surface area contributed by atoms with Gasteiger partial charge in [0.05, 0.1) is 0 Å². The molecule has 1 aliphatic rings. The summed E-state index contributed by atoms with van der Waals surface area (Å²) in [6.07, 6.45) is 3.82. The fourth-order valence-electron chi connectivity index (χ4n) is 2.57. The van der Waals surface area contributed by atoms with Gasteiger partial charge >= 0.3 is 6.03 Å². The van der Waals surface area contributed by atoms with Crippen molar-refractivity contribution in [3.8, 4) is 0 Å². The SMILES string of the molecule is O=C(N/N=C\N1CCCc2ccccc21)Nc1cccc(Br)c1. The highest BCUT2D eigenvalue weighted by Gasteiger charge is 2.14. The number of amides is 2. The van der Waals surface area contributed by atoms with Crippen molar-refractivity contribution in [1.82, 2.24) is 5.43 Å². The van der Waals surface area contributed by atoms with Gasteiger partial charge in [0.1, 0.15) is 6.34 Å². The Morgan fingerprint density at radius 2 is 2.09 bits per heavy atom. The van der Waals surface area contributed by atoms with Crippen molar-refractivity contribution in [2.24, 2.45) is 5.10 Å². The van der Waals surface area contributed by atoms with Crippen LogP contribution in [0.3, 0.4) is 0 Å². The molecule has 0 spiro atoms. The fraction of sp³-hybridized carbons (Fsp3) is 0.176. The van der Waals surface area contributed by atoms with Crippen LogP contribution >= 0.6 is 15.9 Å². The molecule has 2 aromatic rings. The molecule has 2 N–H and O–H groups in total. The summed E-state index contributed by atoms with van der Waals surface area (Å²) >= 11 is 3.36. The van der Waals surface area contributed by atoms with Gasteiger partial charge in [0.2, 0.25) is 0 Å². The van der Waals surface area contributed by atoms with E-state index in [0.717, 1.165) is 29.5 Å². The zero-order chi connectivity index (χ0) is 16.1. The first kappa shape index (κ1) is 15.6. The fourth-order valence-corrected chi connectivity index (χ4v) is 2.96. The molecule has 3 rings (SSSR count). The lowest BCUT2D eigenvalue weighted by molar-refractivity contribution is 0.252. The van der Waals surface area contributed by atoms with Crippen LogP contribution in [0.4, 0.5) is 16.2 Å². The molecule has 1 heterocycles. The van der Waals surface area contributed by atoms with Gasteiger partial charge in [-0.15, -0.1) is 0 Å². The first-order valence-electron chi connectivity index (χ1n) is 7.43. The van der Waals surface area contributed by atoms with E-state index in [1.807, 2.05) is 36.4 Å². The van der Waals surface area contributed by atoms with Crippen molar-refractivity contribution in [2.45, 2.75) is 12.8 Å². The zero-order valence-electron chi connectivity index (χ0n) is 12.5. The smallest absolute Gasteiger partial charge is 0.331 e. The van der Waals surface area contributed by atoms with Crippen molar-refractivity contribution < 1.29 is 4.79 Å². The molecular formula is C17H17BrN4O. The molecule has 118 valence electrons. The third-order valence-corrected chi connectivity index (χ3v) is 4.09. The van der Waals surface area contributed by atoms with E-state index in [-0.39, 0.29) is 6.03 Å². The van der Waals surface area contributed by atoms with Crippen LogP contribution in [-0.2, 0) is 6.42 Å². The van der Waals surface area contributed by atoms with Gasteiger partial charge in [-0.3, -0.25) is 0 Å². The van der Waals surface area contributed by atoms with Crippen LogP contribution in [0.1, 0.15) is 12.0 Å².